The fourth-order valence-corrected chi connectivity index (χ4v) is 3.50. The van der Waals surface area contributed by atoms with Gasteiger partial charge in [0.2, 0.25) is 5.91 Å². The van der Waals surface area contributed by atoms with Crippen LogP contribution in [0.15, 0.2) is 24.3 Å². The highest BCUT2D eigenvalue weighted by Crippen LogP contribution is 2.32. The number of methoxy groups -OCH3 is 1. The number of carboxylic acid groups (broad SMARTS) is 1. The van der Waals surface area contributed by atoms with Gasteiger partial charge in [-0.1, -0.05) is 37.6 Å². The molecule has 2 rings (SSSR count). The predicted molar refractivity (Wildman–Crippen MR) is 139 cm³/mol. The number of nitrogen functional groups attached to an aromatic ring is 1. The Labute approximate surface area is 239 Å². The second-order valence-corrected chi connectivity index (χ2v) is 8.92. The fourth-order valence-electron chi connectivity index (χ4n) is 3.50. The van der Waals surface area contributed by atoms with Crippen molar-refractivity contribution < 1.29 is 56.5 Å². The number of ether oxygens (including phenoxy) is 3. The van der Waals surface area contributed by atoms with Gasteiger partial charge in [-0.25, -0.2) is 19.2 Å². The summed E-state index contributed by atoms with van der Waals surface area (Å²) in [5.41, 5.74) is 6.87. The molecule has 0 bridgehead atoms. The van der Waals surface area contributed by atoms with Crippen LogP contribution in [0.25, 0.3) is 0 Å². The molecule has 0 aliphatic carbocycles. The Morgan fingerprint density at radius 1 is 1.24 bits per heavy atom. The van der Waals surface area contributed by atoms with Crippen LogP contribution in [0, 0.1) is 5.41 Å². The van der Waals surface area contributed by atoms with Crippen LogP contribution < -0.4 is 16.4 Å². The van der Waals surface area contributed by atoms with Crippen LogP contribution in [-0.4, -0.2) is 91.5 Å². The van der Waals surface area contributed by atoms with Crippen molar-refractivity contribution in [2.45, 2.75) is 57.0 Å². The lowest BCUT2D eigenvalue weighted by Gasteiger charge is -2.36. The second-order valence-electron chi connectivity index (χ2n) is 8.92. The van der Waals surface area contributed by atoms with Gasteiger partial charge in [0.05, 0.1) is 26.2 Å². The van der Waals surface area contributed by atoms with Crippen molar-refractivity contribution >= 4 is 35.9 Å². The van der Waals surface area contributed by atoms with E-state index in [2.05, 4.69) is 15.4 Å². The van der Waals surface area contributed by atoms with E-state index in [1.807, 2.05) is 6.92 Å². The van der Waals surface area contributed by atoms with E-state index in [-0.39, 0.29) is 31.4 Å². The molecule has 3 atom stereocenters. The number of nitrogens with two attached hydrogens (primary N) is 1. The van der Waals surface area contributed by atoms with Crippen molar-refractivity contribution in [2.75, 3.05) is 27.3 Å². The van der Waals surface area contributed by atoms with Gasteiger partial charge in [-0.3, -0.25) is 10.2 Å². The first kappa shape index (κ1) is 35.5. The number of nitrogens with zero attached hydrogens (tertiary/aromatic N) is 1. The number of carboxylic acids is 1. The molecule has 3 amide bonds. The summed E-state index contributed by atoms with van der Waals surface area (Å²) in [4.78, 5) is 59.1. The molecule has 1 aliphatic heterocycles. The monoisotopic (exact) mass is 605 g/mol. The summed E-state index contributed by atoms with van der Waals surface area (Å²) in [6, 6.07) is 5.48. The summed E-state index contributed by atoms with van der Waals surface area (Å²) >= 11 is 0. The average Bonchev–Trinajstić information content (AvgIpc) is 2.92. The van der Waals surface area contributed by atoms with Crippen molar-refractivity contribution in [1.29, 1.82) is 5.41 Å². The predicted octanol–water partition coefficient (Wildman–Crippen LogP) is 2.06. The minimum absolute atomic E-state index is 0.0588. The number of aliphatic carboxylic acids is 1. The Balaban J connectivity index is 0.00000112. The Hall–Kier alpha value is -4.57. The number of rotatable bonds is 11. The van der Waals surface area contributed by atoms with Gasteiger partial charge in [-0.05, 0) is 12.0 Å². The third kappa shape index (κ3) is 11.9. The molecule has 234 valence electrons. The lowest BCUT2D eigenvalue weighted by Crippen LogP contribution is -2.50. The molecular weight excluding hydrogens is 571 g/mol. The number of cyclic esters (lactones) is 1. The fraction of sp³-hybridized carbons (Fsp3) is 0.520. The van der Waals surface area contributed by atoms with Crippen LogP contribution in [0.3, 0.4) is 0 Å². The standard InChI is InChI=1S/C23H33N5O7.C2HF3O2/c1-4-5-10-34-22(31)27-17(21(30)33-3)13-26-19(29)12-16-11-18(28(2)23(32)35-16)14-6-8-15(9-7-14)20(24)25;3-2(4,5)1(6)7/h6-9,16-18H,4-5,10-13H2,1-3H3,(H3,24,25)(H,26,29)(H,27,31);(H,6,7)/t16-,17+,18+;/m1./s1. The molecule has 0 radical (unpaired) electrons. The Morgan fingerprint density at radius 2 is 1.83 bits per heavy atom. The molecule has 1 aromatic rings. The number of hydrogen-bond acceptors (Lipinski definition) is 9. The van der Waals surface area contributed by atoms with E-state index < -0.39 is 48.4 Å². The van der Waals surface area contributed by atoms with Crippen LogP contribution in [-0.2, 0) is 28.6 Å². The number of benzene rings is 1. The van der Waals surface area contributed by atoms with Gasteiger partial charge in [-0.2, -0.15) is 13.2 Å². The zero-order valence-electron chi connectivity index (χ0n) is 23.2. The number of amidine groups is 1. The lowest BCUT2D eigenvalue weighted by atomic mass is 9.95. The van der Waals surface area contributed by atoms with E-state index in [9.17, 15) is 32.3 Å². The van der Waals surface area contributed by atoms with Crippen molar-refractivity contribution in [3.63, 3.8) is 0 Å². The lowest BCUT2D eigenvalue weighted by molar-refractivity contribution is -0.192. The average molecular weight is 606 g/mol. The summed E-state index contributed by atoms with van der Waals surface area (Å²) in [6.07, 6.45) is -5.38. The minimum Gasteiger partial charge on any atom is -0.475 e. The number of alkyl halides is 3. The second kappa shape index (κ2) is 16.6. The number of nitrogens with one attached hydrogen (secondary N) is 3. The highest BCUT2D eigenvalue weighted by Gasteiger charge is 2.38. The summed E-state index contributed by atoms with van der Waals surface area (Å²) in [5.74, 6) is -4.02. The van der Waals surface area contributed by atoms with Crippen LogP contribution in [0.5, 0.6) is 0 Å². The van der Waals surface area contributed by atoms with Gasteiger partial charge in [-0.15, -0.1) is 0 Å². The van der Waals surface area contributed by atoms with Crippen LogP contribution >= 0.6 is 0 Å². The number of amides is 3. The van der Waals surface area contributed by atoms with E-state index >= 15 is 0 Å². The number of unbranched alkanes of at least 4 members (excludes halogenated alkanes) is 1. The summed E-state index contributed by atoms with van der Waals surface area (Å²) < 4.78 is 46.8. The van der Waals surface area contributed by atoms with E-state index in [4.69, 9.17) is 30.5 Å². The number of carbonyl (C=O) groups excluding carboxylic acids is 4. The van der Waals surface area contributed by atoms with E-state index in [1.54, 1.807) is 31.3 Å². The largest absolute Gasteiger partial charge is 0.490 e. The topological polar surface area (TPSA) is 210 Å². The quantitative estimate of drug-likeness (QED) is 0.0815. The summed E-state index contributed by atoms with van der Waals surface area (Å²) in [5, 5.41) is 19.6. The zero-order valence-corrected chi connectivity index (χ0v) is 23.2. The molecule has 0 spiro atoms. The number of carbonyl (C=O) groups is 5. The molecule has 6 N–H and O–H groups in total. The Bertz CT molecular complexity index is 1120. The molecule has 0 saturated carbocycles. The zero-order chi connectivity index (χ0) is 32.0. The van der Waals surface area contributed by atoms with Crippen molar-refractivity contribution in [2.24, 2.45) is 5.73 Å². The van der Waals surface area contributed by atoms with Crippen LogP contribution in [0.4, 0.5) is 22.8 Å². The molecular formula is C25H34F3N5O9. The highest BCUT2D eigenvalue weighted by molar-refractivity contribution is 5.94. The van der Waals surface area contributed by atoms with E-state index in [1.165, 1.54) is 12.0 Å². The molecule has 0 unspecified atom stereocenters. The molecule has 1 saturated heterocycles. The minimum atomic E-state index is -5.08. The molecule has 1 aromatic carbocycles. The normalized spacial score (nSPS) is 17.0. The number of hydrogen-bond donors (Lipinski definition) is 5. The molecule has 0 aromatic heterocycles. The summed E-state index contributed by atoms with van der Waals surface area (Å²) in [7, 11) is 2.77. The van der Waals surface area contributed by atoms with Crippen molar-refractivity contribution in [3.05, 3.63) is 35.4 Å². The van der Waals surface area contributed by atoms with E-state index in [0.717, 1.165) is 12.0 Å². The van der Waals surface area contributed by atoms with Crippen LogP contribution in [0.2, 0.25) is 0 Å². The molecule has 1 aliphatic rings. The van der Waals surface area contributed by atoms with Gasteiger partial charge in [0.15, 0.2) is 0 Å². The number of esters is 1. The van der Waals surface area contributed by atoms with Gasteiger partial charge in [0, 0.05) is 25.6 Å². The maximum atomic E-state index is 12.5. The SMILES string of the molecule is CCCCOC(=O)N[C@@H](CNC(=O)C[C@H]1C[C@@H](c2ccc(C(=N)N)cc2)N(C)C(=O)O1)C(=O)OC.O=C(O)C(F)(F)F. The molecule has 1 heterocycles. The highest BCUT2D eigenvalue weighted by atomic mass is 19.4. The number of halogens is 3. The van der Waals surface area contributed by atoms with E-state index in [0.29, 0.717) is 18.4 Å². The molecule has 14 nitrogen and oxygen atoms in total. The van der Waals surface area contributed by atoms with Gasteiger partial charge < -0.3 is 40.6 Å². The van der Waals surface area contributed by atoms with Gasteiger partial charge >= 0.3 is 30.3 Å². The van der Waals surface area contributed by atoms with Crippen LogP contribution in [0.1, 0.15) is 49.8 Å². The molecule has 42 heavy (non-hydrogen) atoms. The van der Waals surface area contributed by atoms with Gasteiger partial charge in [0.25, 0.3) is 0 Å². The van der Waals surface area contributed by atoms with Gasteiger partial charge in [0.1, 0.15) is 18.0 Å². The first-order valence-electron chi connectivity index (χ1n) is 12.6. The molecule has 1 fully saturated rings. The maximum absolute atomic E-state index is 12.5. The van der Waals surface area contributed by atoms with Crippen molar-refractivity contribution in [3.8, 4) is 0 Å². The third-order valence-electron chi connectivity index (χ3n) is 5.78. The third-order valence-corrected chi connectivity index (χ3v) is 5.78. The smallest absolute Gasteiger partial charge is 0.475 e. The van der Waals surface area contributed by atoms with Crippen molar-refractivity contribution in [1.82, 2.24) is 15.5 Å². The Morgan fingerprint density at radius 3 is 2.33 bits per heavy atom. The Kier molecular flexibility index (Phi) is 14.0. The number of alkyl carbamates (subject to hydrolysis) is 1. The maximum Gasteiger partial charge on any atom is 0.490 e. The first-order chi connectivity index (χ1) is 19.6. The molecule has 17 heteroatoms. The summed E-state index contributed by atoms with van der Waals surface area (Å²) in [6.45, 7) is 1.94. The first-order valence-corrected chi connectivity index (χ1v) is 12.6.